The summed E-state index contributed by atoms with van der Waals surface area (Å²) in [5.41, 5.74) is 2.00. The Morgan fingerprint density at radius 1 is 1.41 bits per heavy atom. The highest BCUT2D eigenvalue weighted by atomic mass is 16.1. The fourth-order valence-corrected chi connectivity index (χ4v) is 2.20. The Kier molecular flexibility index (Phi) is 4.79. The van der Waals surface area contributed by atoms with Gasteiger partial charge in [-0.05, 0) is 17.7 Å². The van der Waals surface area contributed by atoms with Crippen molar-refractivity contribution in [2.24, 2.45) is 7.05 Å². The van der Waals surface area contributed by atoms with E-state index < -0.39 is 0 Å². The van der Waals surface area contributed by atoms with Crippen LogP contribution in [0.25, 0.3) is 0 Å². The molecule has 1 unspecified atom stereocenters. The summed E-state index contributed by atoms with van der Waals surface area (Å²) in [6.07, 6.45) is 3.34. The third-order valence-electron chi connectivity index (χ3n) is 3.40. The van der Waals surface area contributed by atoms with Crippen molar-refractivity contribution >= 4 is 11.6 Å². The molecule has 1 aromatic heterocycles. The van der Waals surface area contributed by atoms with E-state index in [1.807, 2.05) is 67.1 Å². The van der Waals surface area contributed by atoms with Crippen LogP contribution < -0.4 is 10.2 Å². The fraction of sp³-hybridized carbons (Fsp3) is 0.312. The first-order valence-corrected chi connectivity index (χ1v) is 6.93. The first-order valence-electron chi connectivity index (χ1n) is 6.93. The van der Waals surface area contributed by atoms with E-state index in [-0.39, 0.29) is 18.4 Å². The van der Waals surface area contributed by atoms with Gasteiger partial charge in [-0.25, -0.2) is 4.98 Å². The fourth-order valence-electron chi connectivity index (χ4n) is 2.20. The van der Waals surface area contributed by atoms with Crippen LogP contribution in [0.2, 0.25) is 0 Å². The lowest BCUT2D eigenvalue weighted by atomic mass is 10.1. The van der Waals surface area contributed by atoms with Crippen LogP contribution in [-0.4, -0.2) is 29.6 Å². The van der Waals surface area contributed by atoms with Gasteiger partial charge < -0.3 is 14.8 Å². The van der Waals surface area contributed by atoms with Gasteiger partial charge in [0, 0.05) is 39.2 Å². The largest absolute Gasteiger partial charge is 0.378 e. The molecule has 2 aromatic rings. The van der Waals surface area contributed by atoms with Crippen LogP contribution >= 0.6 is 0 Å². The van der Waals surface area contributed by atoms with E-state index in [1.54, 1.807) is 6.20 Å². The number of hydrogen-bond donors (Lipinski definition) is 1. The number of imidazole rings is 1. The summed E-state index contributed by atoms with van der Waals surface area (Å²) in [6.45, 7) is 0. The molecule has 1 heterocycles. The minimum atomic E-state index is -0.378. The number of carbonyl (C=O) groups excluding carboxylic acids is 1. The van der Waals surface area contributed by atoms with Gasteiger partial charge in [0.15, 0.2) is 0 Å². The number of nitriles is 1. The molecule has 1 atom stereocenters. The van der Waals surface area contributed by atoms with Crippen LogP contribution in [0.1, 0.15) is 23.9 Å². The standard InChI is InChI=1S/C16H19N5O/c1-20(2)13-6-4-12(5-7-13)15(19-14(22)8-9-17)16-18-10-11-21(16)3/h4-7,10-11,15H,8H2,1-3H3,(H,19,22). The van der Waals surface area contributed by atoms with Gasteiger partial charge in [0.25, 0.3) is 0 Å². The summed E-state index contributed by atoms with van der Waals surface area (Å²) in [5.74, 6) is 0.413. The molecule has 22 heavy (non-hydrogen) atoms. The zero-order chi connectivity index (χ0) is 16.1. The van der Waals surface area contributed by atoms with Crippen molar-refractivity contribution in [3.8, 4) is 6.07 Å². The zero-order valence-electron chi connectivity index (χ0n) is 12.9. The Balaban J connectivity index is 2.34. The minimum absolute atomic E-state index is 0.170. The van der Waals surface area contributed by atoms with E-state index in [2.05, 4.69) is 10.3 Å². The molecule has 0 aliphatic carbocycles. The highest BCUT2D eigenvalue weighted by molar-refractivity contribution is 5.78. The highest BCUT2D eigenvalue weighted by Gasteiger charge is 2.20. The Labute approximate surface area is 130 Å². The van der Waals surface area contributed by atoms with E-state index in [9.17, 15) is 4.79 Å². The quantitative estimate of drug-likeness (QED) is 0.910. The third kappa shape index (κ3) is 3.44. The second-order valence-corrected chi connectivity index (χ2v) is 5.22. The number of amides is 1. The maximum absolute atomic E-state index is 11.8. The maximum Gasteiger partial charge on any atom is 0.235 e. The average molecular weight is 297 g/mol. The number of aromatic nitrogens is 2. The van der Waals surface area contributed by atoms with E-state index >= 15 is 0 Å². The molecular formula is C16H19N5O. The number of rotatable bonds is 5. The van der Waals surface area contributed by atoms with Crippen LogP contribution in [0.5, 0.6) is 0 Å². The summed E-state index contributed by atoms with van der Waals surface area (Å²) in [4.78, 5) is 18.2. The average Bonchev–Trinajstić information content (AvgIpc) is 2.91. The molecule has 0 saturated heterocycles. The molecule has 0 bridgehead atoms. The molecule has 0 fully saturated rings. The van der Waals surface area contributed by atoms with E-state index in [0.717, 1.165) is 17.1 Å². The van der Waals surface area contributed by atoms with E-state index in [1.165, 1.54) is 0 Å². The van der Waals surface area contributed by atoms with Gasteiger partial charge in [-0.2, -0.15) is 5.26 Å². The molecule has 0 saturated carbocycles. The van der Waals surface area contributed by atoms with Gasteiger partial charge in [-0.1, -0.05) is 12.1 Å². The van der Waals surface area contributed by atoms with Gasteiger partial charge in [-0.15, -0.1) is 0 Å². The molecule has 0 spiro atoms. The molecular weight excluding hydrogens is 278 g/mol. The number of nitrogens with zero attached hydrogens (tertiary/aromatic N) is 4. The van der Waals surface area contributed by atoms with Crippen molar-refractivity contribution in [3.63, 3.8) is 0 Å². The van der Waals surface area contributed by atoms with Crippen LogP contribution in [-0.2, 0) is 11.8 Å². The third-order valence-corrected chi connectivity index (χ3v) is 3.40. The van der Waals surface area contributed by atoms with Gasteiger partial charge >= 0.3 is 0 Å². The number of benzene rings is 1. The van der Waals surface area contributed by atoms with Gasteiger partial charge in [-0.3, -0.25) is 4.79 Å². The predicted molar refractivity (Wildman–Crippen MR) is 84.2 cm³/mol. The molecule has 0 radical (unpaired) electrons. The lowest BCUT2D eigenvalue weighted by molar-refractivity contribution is -0.120. The maximum atomic E-state index is 11.8. The minimum Gasteiger partial charge on any atom is -0.378 e. The Hall–Kier alpha value is -2.81. The molecule has 6 heteroatoms. The summed E-state index contributed by atoms with van der Waals surface area (Å²) < 4.78 is 1.86. The summed E-state index contributed by atoms with van der Waals surface area (Å²) in [7, 11) is 5.82. The van der Waals surface area contributed by atoms with E-state index in [0.29, 0.717) is 0 Å². The van der Waals surface area contributed by atoms with Gasteiger partial charge in [0.1, 0.15) is 18.3 Å². The topological polar surface area (TPSA) is 74.0 Å². The zero-order valence-corrected chi connectivity index (χ0v) is 12.9. The summed E-state index contributed by atoms with van der Waals surface area (Å²) >= 11 is 0. The second kappa shape index (κ2) is 6.76. The number of hydrogen-bond acceptors (Lipinski definition) is 4. The molecule has 114 valence electrons. The Morgan fingerprint density at radius 2 is 2.09 bits per heavy atom. The molecule has 1 aromatic carbocycles. The number of anilines is 1. The monoisotopic (exact) mass is 297 g/mol. The normalized spacial score (nSPS) is 11.5. The van der Waals surface area contributed by atoms with Crippen LogP contribution in [0.3, 0.4) is 0 Å². The van der Waals surface area contributed by atoms with Crippen molar-refractivity contribution in [2.75, 3.05) is 19.0 Å². The lowest BCUT2D eigenvalue weighted by Crippen LogP contribution is -2.30. The Morgan fingerprint density at radius 3 is 2.59 bits per heavy atom. The number of carbonyl (C=O) groups is 1. The van der Waals surface area contributed by atoms with Crippen molar-refractivity contribution in [1.29, 1.82) is 5.26 Å². The molecule has 1 N–H and O–H groups in total. The predicted octanol–water partition coefficient (Wildman–Crippen LogP) is 1.61. The van der Waals surface area contributed by atoms with E-state index in [4.69, 9.17) is 5.26 Å². The van der Waals surface area contributed by atoms with Crippen LogP contribution in [0.15, 0.2) is 36.7 Å². The molecule has 6 nitrogen and oxygen atoms in total. The van der Waals surface area contributed by atoms with Gasteiger partial charge in [0.05, 0.1) is 6.07 Å². The van der Waals surface area contributed by atoms with Crippen molar-refractivity contribution in [2.45, 2.75) is 12.5 Å². The SMILES string of the molecule is CN(C)c1ccc(C(NC(=O)CC#N)c2nccn2C)cc1. The molecule has 2 rings (SSSR count). The number of nitrogens with one attached hydrogen (secondary N) is 1. The van der Waals surface area contributed by atoms with Crippen LogP contribution in [0.4, 0.5) is 5.69 Å². The highest BCUT2D eigenvalue weighted by Crippen LogP contribution is 2.23. The molecule has 0 aliphatic heterocycles. The first-order chi connectivity index (χ1) is 10.5. The first kappa shape index (κ1) is 15.6. The van der Waals surface area contributed by atoms with Crippen molar-refractivity contribution in [1.82, 2.24) is 14.9 Å². The van der Waals surface area contributed by atoms with Crippen LogP contribution in [0, 0.1) is 11.3 Å². The summed E-state index contributed by atoms with van der Waals surface area (Å²) in [5, 5.41) is 11.5. The van der Waals surface area contributed by atoms with Crippen molar-refractivity contribution in [3.05, 3.63) is 48.0 Å². The molecule has 1 amide bonds. The Bertz CT molecular complexity index is 681. The molecule has 0 aliphatic rings. The van der Waals surface area contributed by atoms with Crippen molar-refractivity contribution < 1.29 is 4.79 Å². The summed E-state index contributed by atoms with van der Waals surface area (Å²) in [6, 6.07) is 9.38. The lowest BCUT2D eigenvalue weighted by Gasteiger charge is -2.20. The van der Waals surface area contributed by atoms with Gasteiger partial charge in [0.2, 0.25) is 5.91 Å². The number of aryl methyl sites for hydroxylation is 1. The second-order valence-electron chi connectivity index (χ2n) is 5.22. The smallest absolute Gasteiger partial charge is 0.235 e.